The van der Waals surface area contributed by atoms with Gasteiger partial charge in [-0.25, -0.2) is 13.2 Å². The monoisotopic (exact) mass is 400 g/mol. The van der Waals surface area contributed by atoms with Crippen LogP contribution in [0.25, 0.3) is 0 Å². The molecule has 0 saturated carbocycles. The van der Waals surface area contributed by atoms with Crippen LogP contribution >= 0.6 is 11.6 Å². The molecule has 0 aliphatic heterocycles. The second-order valence-corrected chi connectivity index (χ2v) is 8.02. The summed E-state index contributed by atoms with van der Waals surface area (Å²) in [5.74, 6) is -0.597. The summed E-state index contributed by atoms with van der Waals surface area (Å²) in [5.41, 5.74) is -1.17. The molecule has 26 heavy (non-hydrogen) atoms. The van der Waals surface area contributed by atoms with Gasteiger partial charge in [0.25, 0.3) is 5.56 Å². The third-order valence-corrected chi connectivity index (χ3v) is 5.64. The first kappa shape index (κ1) is 19.9. The number of amides is 1. The maximum absolute atomic E-state index is 12.6. The molecule has 1 aromatic heterocycles. The van der Waals surface area contributed by atoms with Crippen LogP contribution in [-0.2, 0) is 28.9 Å². The highest BCUT2D eigenvalue weighted by molar-refractivity contribution is 7.89. The summed E-state index contributed by atoms with van der Waals surface area (Å²) in [6.07, 6.45) is 0.938. The van der Waals surface area contributed by atoms with Gasteiger partial charge in [0, 0.05) is 38.0 Å². The highest BCUT2D eigenvalue weighted by Gasteiger charge is 2.27. The van der Waals surface area contributed by atoms with Crippen molar-refractivity contribution in [1.29, 1.82) is 0 Å². The molecule has 0 radical (unpaired) electrons. The Morgan fingerprint density at radius 2 is 1.77 bits per heavy atom. The fourth-order valence-electron chi connectivity index (χ4n) is 2.14. The molecule has 1 N–H and O–H groups in total. The van der Waals surface area contributed by atoms with Crippen LogP contribution in [0.1, 0.15) is 0 Å². The number of benzene rings is 1. The Hall–Kier alpha value is -2.43. The summed E-state index contributed by atoms with van der Waals surface area (Å²) < 4.78 is 27.6. The Morgan fingerprint density at radius 1 is 1.19 bits per heavy atom. The second-order valence-electron chi connectivity index (χ2n) is 5.57. The van der Waals surface area contributed by atoms with Crippen molar-refractivity contribution >= 4 is 33.2 Å². The fraction of sp³-hybridized carbons (Fsp3) is 0.267. The first-order valence-corrected chi connectivity index (χ1v) is 9.14. The third-order valence-electron chi connectivity index (χ3n) is 3.60. The predicted molar refractivity (Wildman–Crippen MR) is 96.8 cm³/mol. The van der Waals surface area contributed by atoms with Crippen molar-refractivity contribution in [3.05, 3.63) is 56.3 Å². The van der Waals surface area contributed by atoms with E-state index in [9.17, 15) is 22.8 Å². The summed E-state index contributed by atoms with van der Waals surface area (Å²) in [6.45, 7) is -0.517. The van der Waals surface area contributed by atoms with Crippen molar-refractivity contribution in [1.82, 2.24) is 13.4 Å². The van der Waals surface area contributed by atoms with Crippen molar-refractivity contribution in [2.45, 2.75) is 4.90 Å². The minimum Gasteiger partial charge on any atom is -0.325 e. The number of aryl methyl sites for hydroxylation is 1. The number of hydrogen-bond acceptors (Lipinski definition) is 5. The fourth-order valence-corrected chi connectivity index (χ4v) is 3.54. The predicted octanol–water partition coefficient (Wildman–Crippen LogP) is -0.00340. The molecule has 0 saturated heterocycles. The molecular weight excluding hydrogens is 384 g/mol. The van der Waals surface area contributed by atoms with Gasteiger partial charge in [-0.05, 0) is 24.3 Å². The Balaban J connectivity index is 2.24. The van der Waals surface area contributed by atoms with E-state index < -0.39 is 38.6 Å². The Morgan fingerprint density at radius 3 is 2.35 bits per heavy atom. The van der Waals surface area contributed by atoms with Gasteiger partial charge in [-0.1, -0.05) is 11.6 Å². The molecule has 0 fully saturated rings. The minimum absolute atomic E-state index is 0.447. The van der Waals surface area contributed by atoms with E-state index in [1.165, 1.54) is 21.1 Å². The van der Waals surface area contributed by atoms with Crippen LogP contribution in [0.2, 0.25) is 5.02 Å². The summed E-state index contributed by atoms with van der Waals surface area (Å²) in [5, 5.41) is 3.02. The Bertz CT molecular complexity index is 1060. The molecule has 2 aromatic rings. The van der Waals surface area contributed by atoms with E-state index in [1.807, 2.05) is 0 Å². The molecule has 0 aliphatic carbocycles. The number of aromatic nitrogens is 2. The van der Waals surface area contributed by atoms with Gasteiger partial charge in [0.05, 0.1) is 6.54 Å². The zero-order valence-corrected chi connectivity index (χ0v) is 15.8. The standard InChI is InChI=1S/C15H17ClN4O5S/c1-18-8-12(14(22)20(3)15(18)23)26(24,25)19(2)9-13(21)17-11-6-4-10(16)5-7-11/h4-8H,9H2,1-3H3,(H,17,21). The van der Waals surface area contributed by atoms with E-state index >= 15 is 0 Å². The lowest BCUT2D eigenvalue weighted by Crippen LogP contribution is -2.43. The molecule has 0 spiro atoms. The molecule has 11 heteroatoms. The number of halogens is 1. The van der Waals surface area contributed by atoms with Crippen molar-refractivity contribution < 1.29 is 13.2 Å². The number of likely N-dealkylation sites (N-methyl/N-ethyl adjacent to an activating group) is 1. The average molecular weight is 401 g/mol. The van der Waals surface area contributed by atoms with Crippen LogP contribution in [0.5, 0.6) is 0 Å². The number of nitrogens with one attached hydrogen (secondary N) is 1. The lowest BCUT2D eigenvalue weighted by atomic mass is 10.3. The van der Waals surface area contributed by atoms with Gasteiger partial charge < -0.3 is 9.88 Å². The number of hydrogen-bond donors (Lipinski definition) is 1. The van der Waals surface area contributed by atoms with Crippen LogP contribution in [0.3, 0.4) is 0 Å². The molecule has 140 valence electrons. The second kappa shape index (κ2) is 7.44. The Kier molecular flexibility index (Phi) is 5.69. The zero-order chi connectivity index (χ0) is 19.6. The van der Waals surface area contributed by atoms with Gasteiger partial charge in [0.1, 0.15) is 0 Å². The zero-order valence-electron chi connectivity index (χ0n) is 14.3. The molecule has 2 rings (SSSR count). The molecule has 1 heterocycles. The first-order chi connectivity index (χ1) is 12.0. The normalized spacial score (nSPS) is 11.6. The average Bonchev–Trinajstić information content (AvgIpc) is 2.58. The van der Waals surface area contributed by atoms with E-state index in [4.69, 9.17) is 11.6 Å². The summed E-state index contributed by atoms with van der Waals surface area (Å²) in [6, 6.07) is 6.28. The molecule has 0 aliphatic rings. The van der Waals surface area contributed by atoms with Gasteiger partial charge in [-0.15, -0.1) is 0 Å². The first-order valence-electron chi connectivity index (χ1n) is 7.32. The third kappa shape index (κ3) is 4.03. The van der Waals surface area contributed by atoms with Gasteiger partial charge in [-0.2, -0.15) is 4.31 Å². The smallest absolute Gasteiger partial charge is 0.325 e. The number of sulfonamides is 1. The van der Waals surface area contributed by atoms with E-state index in [-0.39, 0.29) is 0 Å². The van der Waals surface area contributed by atoms with Crippen LogP contribution in [0.4, 0.5) is 5.69 Å². The quantitative estimate of drug-likeness (QED) is 0.759. The lowest BCUT2D eigenvalue weighted by molar-refractivity contribution is -0.116. The summed E-state index contributed by atoms with van der Waals surface area (Å²) >= 11 is 5.76. The maximum Gasteiger partial charge on any atom is 0.330 e. The van der Waals surface area contributed by atoms with Crippen LogP contribution in [-0.4, -0.2) is 41.4 Å². The lowest BCUT2D eigenvalue weighted by Gasteiger charge is -2.17. The van der Waals surface area contributed by atoms with E-state index in [2.05, 4.69) is 5.32 Å². The maximum atomic E-state index is 12.6. The van der Waals surface area contributed by atoms with E-state index in [0.29, 0.717) is 15.3 Å². The van der Waals surface area contributed by atoms with Gasteiger partial charge in [0.15, 0.2) is 4.90 Å². The molecule has 9 nitrogen and oxygen atoms in total. The van der Waals surface area contributed by atoms with Crippen molar-refractivity contribution in [2.24, 2.45) is 14.1 Å². The SMILES string of the molecule is CN(CC(=O)Nc1ccc(Cl)cc1)S(=O)(=O)c1cn(C)c(=O)n(C)c1=O. The number of rotatable bonds is 5. The van der Waals surface area contributed by atoms with Crippen LogP contribution in [0.15, 0.2) is 44.9 Å². The molecule has 0 bridgehead atoms. The van der Waals surface area contributed by atoms with Crippen molar-refractivity contribution in [2.75, 3.05) is 18.9 Å². The van der Waals surface area contributed by atoms with Crippen molar-refractivity contribution in [3.63, 3.8) is 0 Å². The molecule has 1 aromatic carbocycles. The van der Waals surface area contributed by atoms with E-state index in [0.717, 1.165) is 15.1 Å². The number of carbonyl (C=O) groups excluding carboxylic acids is 1. The number of anilines is 1. The topological polar surface area (TPSA) is 110 Å². The van der Waals surface area contributed by atoms with Crippen molar-refractivity contribution in [3.8, 4) is 0 Å². The minimum atomic E-state index is -4.27. The molecule has 1 amide bonds. The number of nitrogens with zero attached hydrogens (tertiary/aromatic N) is 3. The molecular formula is C15H17ClN4O5S. The summed E-state index contributed by atoms with van der Waals surface area (Å²) in [7, 11) is -0.594. The highest BCUT2D eigenvalue weighted by Crippen LogP contribution is 2.14. The van der Waals surface area contributed by atoms with Crippen LogP contribution < -0.4 is 16.6 Å². The highest BCUT2D eigenvalue weighted by atomic mass is 35.5. The van der Waals surface area contributed by atoms with Gasteiger partial charge in [-0.3, -0.25) is 14.2 Å². The summed E-state index contributed by atoms with van der Waals surface area (Å²) in [4.78, 5) is 35.3. The van der Waals surface area contributed by atoms with Gasteiger partial charge in [0.2, 0.25) is 15.9 Å². The largest absolute Gasteiger partial charge is 0.330 e. The van der Waals surface area contributed by atoms with Gasteiger partial charge >= 0.3 is 5.69 Å². The van der Waals surface area contributed by atoms with E-state index in [1.54, 1.807) is 24.3 Å². The number of carbonyl (C=O) groups is 1. The Labute approximate surface area is 154 Å². The van der Waals surface area contributed by atoms with Crippen LogP contribution in [0, 0.1) is 0 Å². The molecule has 0 unspecified atom stereocenters. The molecule has 0 atom stereocenters.